The van der Waals surface area contributed by atoms with E-state index in [0.717, 1.165) is 35.5 Å². The van der Waals surface area contributed by atoms with Gasteiger partial charge < -0.3 is 14.8 Å². The number of carbonyl (C=O) groups excluding carboxylic acids is 1. The Kier molecular flexibility index (Phi) is 6.24. The van der Waals surface area contributed by atoms with Crippen molar-refractivity contribution in [2.24, 2.45) is 0 Å². The highest BCUT2D eigenvalue weighted by Crippen LogP contribution is 2.22. The molecule has 0 spiro atoms. The number of aryl methyl sites for hydroxylation is 3. The smallest absolute Gasteiger partial charge is 0.339 e. The highest BCUT2D eigenvalue weighted by Gasteiger charge is 2.13. The number of para-hydroxylation sites is 1. The van der Waals surface area contributed by atoms with E-state index in [9.17, 15) is 4.79 Å². The quantitative estimate of drug-likeness (QED) is 0.609. The second-order valence-corrected chi connectivity index (χ2v) is 5.89. The molecule has 0 saturated carbocycles. The maximum atomic E-state index is 11.8. The fourth-order valence-corrected chi connectivity index (χ4v) is 2.51. The van der Waals surface area contributed by atoms with E-state index >= 15 is 0 Å². The third-order valence-corrected chi connectivity index (χ3v) is 3.90. The second kappa shape index (κ2) is 8.39. The van der Waals surface area contributed by atoms with Crippen molar-refractivity contribution >= 4 is 11.7 Å². The van der Waals surface area contributed by atoms with Gasteiger partial charge in [0.05, 0.1) is 25.0 Å². The van der Waals surface area contributed by atoms with Gasteiger partial charge in [-0.2, -0.15) is 0 Å². The van der Waals surface area contributed by atoms with Gasteiger partial charge in [0.25, 0.3) is 0 Å². The first kappa shape index (κ1) is 17.9. The van der Waals surface area contributed by atoms with Crippen LogP contribution in [0.1, 0.15) is 33.5 Å². The minimum absolute atomic E-state index is 0.326. The summed E-state index contributed by atoms with van der Waals surface area (Å²) < 4.78 is 10.7. The number of esters is 1. The summed E-state index contributed by atoms with van der Waals surface area (Å²) in [6.45, 7) is 7.42. The molecule has 0 unspecified atom stereocenters. The lowest BCUT2D eigenvalue weighted by Crippen LogP contribution is -2.12. The molecule has 24 heavy (non-hydrogen) atoms. The Morgan fingerprint density at radius 1 is 1.08 bits per heavy atom. The van der Waals surface area contributed by atoms with Gasteiger partial charge in [-0.1, -0.05) is 24.3 Å². The molecule has 0 aromatic heterocycles. The number of hydrogen-bond donors (Lipinski definition) is 1. The average molecular weight is 327 g/mol. The second-order valence-electron chi connectivity index (χ2n) is 5.89. The Balaban J connectivity index is 1.89. The highest BCUT2D eigenvalue weighted by molar-refractivity contribution is 5.96. The number of carbonyl (C=O) groups is 1. The minimum Gasteiger partial charge on any atom is -0.493 e. The molecule has 0 fully saturated rings. The Morgan fingerprint density at radius 2 is 1.88 bits per heavy atom. The largest absolute Gasteiger partial charge is 0.493 e. The number of nitrogens with one attached hydrogen (secondary N) is 1. The van der Waals surface area contributed by atoms with E-state index in [-0.39, 0.29) is 5.97 Å². The summed E-state index contributed by atoms with van der Waals surface area (Å²) in [6, 6.07) is 11.8. The van der Waals surface area contributed by atoms with Gasteiger partial charge in [-0.05, 0) is 56.0 Å². The van der Waals surface area contributed by atoms with E-state index in [1.54, 1.807) is 6.07 Å². The third-order valence-electron chi connectivity index (χ3n) is 3.90. The van der Waals surface area contributed by atoms with Crippen LogP contribution in [0.4, 0.5) is 5.69 Å². The first-order valence-corrected chi connectivity index (χ1v) is 8.14. The summed E-state index contributed by atoms with van der Waals surface area (Å²) in [5, 5.41) is 3.33. The van der Waals surface area contributed by atoms with Crippen LogP contribution in [-0.2, 0) is 4.74 Å². The maximum absolute atomic E-state index is 11.8. The molecule has 2 aromatic rings. The van der Waals surface area contributed by atoms with Crippen molar-refractivity contribution in [2.45, 2.75) is 27.2 Å². The number of methoxy groups -OCH3 is 1. The molecule has 0 atom stereocenters. The molecule has 0 radical (unpaired) electrons. The number of ether oxygens (including phenoxy) is 2. The van der Waals surface area contributed by atoms with Crippen molar-refractivity contribution in [1.29, 1.82) is 0 Å². The molecule has 128 valence electrons. The van der Waals surface area contributed by atoms with Crippen LogP contribution in [0.3, 0.4) is 0 Å². The topological polar surface area (TPSA) is 47.6 Å². The van der Waals surface area contributed by atoms with Crippen LogP contribution in [0.2, 0.25) is 0 Å². The number of rotatable bonds is 7. The zero-order valence-corrected chi connectivity index (χ0v) is 14.8. The zero-order chi connectivity index (χ0) is 17.5. The number of hydrogen-bond acceptors (Lipinski definition) is 4. The Hall–Kier alpha value is -2.49. The predicted molar refractivity (Wildman–Crippen MR) is 97.0 cm³/mol. The van der Waals surface area contributed by atoms with Crippen LogP contribution in [0.15, 0.2) is 36.4 Å². The van der Waals surface area contributed by atoms with E-state index in [0.29, 0.717) is 12.2 Å². The van der Waals surface area contributed by atoms with Gasteiger partial charge in [-0.3, -0.25) is 0 Å². The monoisotopic (exact) mass is 327 g/mol. The standard InChI is InChI=1S/C20H25NO3/c1-14-9-10-15(2)18(13-14)24-12-6-11-21-19-16(3)7-5-8-17(19)20(22)23-4/h5,7-10,13,21H,6,11-12H2,1-4H3. The normalized spacial score (nSPS) is 10.3. The fourth-order valence-electron chi connectivity index (χ4n) is 2.51. The molecular formula is C20H25NO3. The van der Waals surface area contributed by atoms with Gasteiger partial charge in [-0.25, -0.2) is 4.79 Å². The third kappa shape index (κ3) is 4.51. The first-order valence-electron chi connectivity index (χ1n) is 8.14. The molecular weight excluding hydrogens is 302 g/mol. The van der Waals surface area contributed by atoms with Gasteiger partial charge in [0.15, 0.2) is 0 Å². The first-order chi connectivity index (χ1) is 11.5. The lowest BCUT2D eigenvalue weighted by molar-refractivity contribution is 0.0601. The molecule has 0 bridgehead atoms. The van der Waals surface area contributed by atoms with Gasteiger partial charge >= 0.3 is 5.97 Å². The zero-order valence-electron chi connectivity index (χ0n) is 14.8. The van der Waals surface area contributed by atoms with Crippen molar-refractivity contribution in [3.05, 3.63) is 58.7 Å². The molecule has 0 amide bonds. The van der Waals surface area contributed by atoms with Crippen LogP contribution in [0.5, 0.6) is 5.75 Å². The Bertz CT molecular complexity index is 710. The van der Waals surface area contributed by atoms with E-state index < -0.39 is 0 Å². The molecule has 0 saturated heterocycles. The Labute approximate surface area is 143 Å². The van der Waals surface area contributed by atoms with E-state index in [1.165, 1.54) is 12.7 Å². The van der Waals surface area contributed by atoms with E-state index in [1.807, 2.05) is 26.0 Å². The number of anilines is 1. The van der Waals surface area contributed by atoms with Gasteiger partial charge in [0.1, 0.15) is 5.75 Å². The lowest BCUT2D eigenvalue weighted by atomic mass is 10.1. The molecule has 0 aliphatic rings. The summed E-state index contributed by atoms with van der Waals surface area (Å²) in [6.07, 6.45) is 0.836. The van der Waals surface area contributed by atoms with Crippen molar-refractivity contribution in [3.8, 4) is 5.75 Å². The van der Waals surface area contributed by atoms with Crippen LogP contribution < -0.4 is 10.1 Å². The van der Waals surface area contributed by atoms with Crippen LogP contribution in [0.25, 0.3) is 0 Å². The lowest BCUT2D eigenvalue weighted by Gasteiger charge is -2.14. The molecule has 0 heterocycles. The van der Waals surface area contributed by atoms with Crippen LogP contribution >= 0.6 is 0 Å². The van der Waals surface area contributed by atoms with Gasteiger partial charge in [0, 0.05) is 6.54 Å². The maximum Gasteiger partial charge on any atom is 0.339 e. The van der Waals surface area contributed by atoms with Crippen molar-refractivity contribution < 1.29 is 14.3 Å². The fraction of sp³-hybridized carbons (Fsp3) is 0.350. The van der Waals surface area contributed by atoms with Crippen LogP contribution in [0, 0.1) is 20.8 Å². The molecule has 2 rings (SSSR count). The molecule has 0 aliphatic heterocycles. The summed E-state index contributed by atoms with van der Waals surface area (Å²) in [4.78, 5) is 11.8. The van der Waals surface area contributed by atoms with Crippen LogP contribution in [-0.4, -0.2) is 26.2 Å². The highest BCUT2D eigenvalue weighted by atomic mass is 16.5. The van der Waals surface area contributed by atoms with Crippen molar-refractivity contribution in [3.63, 3.8) is 0 Å². The molecule has 2 aromatic carbocycles. The average Bonchev–Trinajstić information content (AvgIpc) is 2.58. The van der Waals surface area contributed by atoms with Gasteiger partial charge in [0.2, 0.25) is 0 Å². The van der Waals surface area contributed by atoms with Crippen molar-refractivity contribution in [1.82, 2.24) is 0 Å². The Morgan fingerprint density at radius 3 is 2.62 bits per heavy atom. The van der Waals surface area contributed by atoms with E-state index in [2.05, 4.69) is 30.4 Å². The molecule has 1 N–H and O–H groups in total. The van der Waals surface area contributed by atoms with E-state index in [4.69, 9.17) is 9.47 Å². The summed E-state index contributed by atoms with van der Waals surface area (Å²) >= 11 is 0. The minimum atomic E-state index is -0.326. The molecule has 0 aliphatic carbocycles. The molecule has 4 nitrogen and oxygen atoms in total. The summed E-state index contributed by atoms with van der Waals surface area (Å²) in [5.74, 6) is 0.606. The SMILES string of the molecule is COC(=O)c1cccc(C)c1NCCCOc1cc(C)ccc1C. The summed E-state index contributed by atoms with van der Waals surface area (Å²) in [5.41, 5.74) is 4.74. The predicted octanol–water partition coefficient (Wildman–Crippen LogP) is 4.28. The summed E-state index contributed by atoms with van der Waals surface area (Å²) in [7, 11) is 1.40. The molecule has 4 heteroatoms. The number of benzene rings is 2. The van der Waals surface area contributed by atoms with Crippen molar-refractivity contribution in [2.75, 3.05) is 25.6 Å². The van der Waals surface area contributed by atoms with Gasteiger partial charge in [-0.15, -0.1) is 0 Å².